The Labute approximate surface area is 186 Å². The minimum absolute atomic E-state index is 0.150. The minimum atomic E-state index is -2.86. The molecule has 1 aromatic heterocycles. The molecule has 0 unspecified atom stereocenters. The molecule has 1 radical (unpaired) electrons. The predicted octanol–water partition coefficient (Wildman–Crippen LogP) is 4.99. The molecule has 0 atom stereocenters. The fourth-order valence-corrected chi connectivity index (χ4v) is 5.24. The van der Waals surface area contributed by atoms with Gasteiger partial charge in [-0.05, 0) is 48.4 Å². The number of benzene rings is 2. The third-order valence-corrected chi connectivity index (χ3v) is 6.98. The first kappa shape index (κ1) is 22.6. The van der Waals surface area contributed by atoms with Gasteiger partial charge in [0.25, 0.3) is 0 Å². The maximum atomic E-state index is 13.1. The molecule has 7 nitrogen and oxygen atoms in total. The molecular formula is C23H25FN2O5P. The third kappa shape index (κ3) is 5.78. The minimum Gasteiger partial charge on any atom is -0.356 e. The summed E-state index contributed by atoms with van der Waals surface area (Å²) in [5.74, 6) is 0.329. The van der Waals surface area contributed by atoms with Crippen molar-refractivity contribution in [2.75, 3.05) is 18.5 Å². The Bertz CT molecular complexity index is 1050. The molecule has 1 amide bonds. The first-order valence-electron chi connectivity index (χ1n) is 10.4. The van der Waals surface area contributed by atoms with Gasteiger partial charge in [0.05, 0.1) is 25.6 Å². The summed E-state index contributed by atoms with van der Waals surface area (Å²) in [5.41, 5.74) is 3.02. The first-order chi connectivity index (χ1) is 15.4. The Morgan fingerprint density at radius 2 is 1.84 bits per heavy atom. The lowest BCUT2D eigenvalue weighted by molar-refractivity contribution is -0.116. The third-order valence-electron chi connectivity index (χ3n) is 5.11. The highest BCUT2D eigenvalue weighted by atomic mass is 31.2. The van der Waals surface area contributed by atoms with Crippen LogP contribution in [0.2, 0.25) is 0 Å². The Morgan fingerprint density at radius 1 is 1.16 bits per heavy atom. The van der Waals surface area contributed by atoms with Gasteiger partial charge < -0.3 is 23.8 Å². The SMILES string of the molecule is CC1CO[P](O)(Cc2ccc(NC(=O)CCc3cnoc3-c3ccc(F)cc3)cc2)OC1. The first-order valence-corrected chi connectivity index (χ1v) is 12.1. The molecule has 4 rings (SSSR count). The van der Waals surface area contributed by atoms with Gasteiger partial charge in [0.15, 0.2) is 5.76 Å². The van der Waals surface area contributed by atoms with E-state index in [4.69, 9.17) is 13.6 Å². The second-order valence-corrected chi connectivity index (χ2v) is 10.0. The van der Waals surface area contributed by atoms with Crippen molar-refractivity contribution in [3.63, 3.8) is 0 Å². The number of nitrogens with one attached hydrogen (secondary N) is 1. The molecule has 1 fully saturated rings. The van der Waals surface area contributed by atoms with E-state index in [0.29, 0.717) is 42.8 Å². The topological polar surface area (TPSA) is 93.8 Å². The van der Waals surface area contributed by atoms with Crippen LogP contribution in [0.25, 0.3) is 11.3 Å². The van der Waals surface area contributed by atoms with Crippen LogP contribution >= 0.6 is 7.94 Å². The summed E-state index contributed by atoms with van der Waals surface area (Å²) in [6.45, 7) is 2.99. The Morgan fingerprint density at radius 3 is 2.53 bits per heavy atom. The van der Waals surface area contributed by atoms with Crippen LogP contribution < -0.4 is 5.32 Å². The van der Waals surface area contributed by atoms with Crippen molar-refractivity contribution < 1.29 is 27.6 Å². The van der Waals surface area contributed by atoms with Crippen molar-refractivity contribution in [3.05, 3.63) is 71.7 Å². The molecule has 2 aromatic carbocycles. The highest BCUT2D eigenvalue weighted by molar-refractivity contribution is 7.59. The predicted molar refractivity (Wildman–Crippen MR) is 119 cm³/mol. The Balaban J connectivity index is 1.30. The number of halogens is 1. The van der Waals surface area contributed by atoms with Crippen LogP contribution in [0, 0.1) is 11.7 Å². The van der Waals surface area contributed by atoms with Crippen molar-refractivity contribution in [3.8, 4) is 11.3 Å². The van der Waals surface area contributed by atoms with Gasteiger partial charge in [-0.25, -0.2) is 4.39 Å². The van der Waals surface area contributed by atoms with E-state index in [-0.39, 0.29) is 24.1 Å². The van der Waals surface area contributed by atoms with E-state index in [9.17, 15) is 14.1 Å². The maximum Gasteiger partial charge on any atom is 0.235 e. The average molecular weight is 459 g/mol. The molecule has 32 heavy (non-hydrogen) atoms. The van der Waals surface area contributed by atoms with Crippen molar-refractivity contribution in [1.82, 2.24) is 5.16 Å². The van der Waals surface area contributed by atoms with Crippen LogP contribution in [0.15, 0.2) is 59.3 Å². The van der Waals surface area contributed by atoms with E-state index in [2.05, 4.69) is 10.5 Å². The molecule has 169 valence electrons. The van der Waals surface area contributed by atoms with Gasteiger partial charge in [-0.2, -0.15) is 0 Å². The fourth-order valence-electron chi connectivity index (χ4n) is 3.34. The van der Waals surface area contributed by atoms with Crippen molar-refractivity contribution in [2.45, 2.75) is 25.9 Å². The largest absolute Gasteiger partial charge is 0.356 e. The van der Waals surface area contributed by atoms with E-state index in [1.807, 2.05) is 19.1 Å². The normalized spacial score (nSPS) is 20.8. The van der Waals surface area contributed by atoms with Crippen LogP contribution in [-0.2, 0) is 26.4 Å². The van der Waals surface area contributed by atoms with E-state index in [0.717, 1.165) is 11.1 Å². The highest BCUT2D eigenvalue weighted by Crippen LogP contribution is 2.61. The number of aromatic nitrogens is 1. The number of hydrogen-bond acceptors (Lipinski definition) is 6. The fraction of sp³-hybridized carbons (Fsp3) is 0.304. The lowest BCUT2D eigenvalue weighted by Gasteiger charge is -2.35. The van der Waals surface area contributed by atoms with Crippen LogP contribution in [0.3, 0.4) is 0 Å². The maximum absolute atomic E-state index is 13.1. The van der Waals surface area contributed by atoms with Crippen molar-refractivity contribution >= 4 is 19.5 Å². The zero-order chi connectivity index (χ0) is 22.6. The van der Waals surface area contributed by atoms with Crippen LogP contribution in [0.5, 0.6) is 0 Å². The summed E-state index contributed by atoms with van der Waals surface area (Å²) in [6, 6.07) is 13.2. The Hall–Kier alpha value is -2.64. The van der Waals surface area contributed by atoms with E-state index in [1.165, 1.54) is 12.1 Å². The molecule has 3 aromatic rings. The molecule has 9 heteroatoms. The molecule has 1 saturated heterocycles. The van der Waals surface area contributed by atoms with Gasteiger partial charge >= 0.3 is 0 Å². The number of rotatable bonds is 7. The number of hydrogen-bond donors (Lipinski definition) is 2. The highest BCUT2D eigenvalue weighted by Gasteiger charge is 2.33. The number of aryl methyl sites for hydroxylation is 1. The second-order valence-electron chi connectivity index (χ2n) is 7.92. The van der Waals surface area contributed by atoms with Crippen LogP contribution in [-0.4, -0.2) is 29.2 Å². The lowest BCUT2D eigenvalue weighted by atomic mass is 10.1. The van der Waals surface area contributed by atoms with Crippen LogP contribution in [0.4, 0.5) is 10.1 Å². The van der Waals surface area contributed by atoms with Gasteiger partial charge in [-0.1, -0.05) is 24.2 Å². The summed E-state index contributed by atoms with van der Waals surface area (Å²) in [7, 11) is -2.86. The van der Waals surface area contributed by atoms with Crippen molar-refractivity contribution in [2.24, 2.45) is 5.92 Å². The molecular weight excluding hydrogens is 434 g/mol. The molecule has 2 N–H and O–H groups in total. The van der Waals surface area contributed by atoms with E-state index >= 15 is 0 Å². The number of carbonyl (C=O) groups excluding carboxylic acids is 1. The standard InChI is InChI=1S/C23H25FN2O5P/c1-16-13-29-32(28,30-14-16)15-17-2-9-21(10-3-17)26-22(27)11-6-19-12-25-31-23(19)18-4-7-20(24)8-5-18/h2-5,7-10,12,16,28H,6,11,13-15H2,1H3,(H,26,27). The van der Waals surface area contributed by atoms with Gasteiger partial charge in [-0.3, -0.25) is 4.79 Å². The number of anilines is 1. The number of amides is 1. The van der Waals surface area contributed by atoms with Crippen LogP contribution in [0.1, 0.15) is 24.5 Å². The van der Waals surface area contributed by atoms with Gasteiger partial charge in [-0.15, -0.1) is 0 Å². The molecule has 0 saturated carbocycles. The zero-order valence-electron chi connectivity index (χ0n) is 17.7. The van der Waals surface area contributed by atoms with E-state index < -0.39 is 7.94 Å². The lowest BCUT2D eigenvalue weighted by Crippen LogP contribution is -2.22. The number of nitrogens with zero attached hydrogens (tertiary/aromatic N) is 1. The summed E-state index contributed by atoms with van der Waals surface area (Å²) >= 11 is 0. The molecule has 1 aliphatic heterocycles. The molecule has 0 bridgehead atoms. The monoisotopic (exact) mass is 459 g/mol. The van der Waals surface area contributed by atoms with Gasteiger partial charge in [0.2, 0.25) is 13.9 Å². The summed E-state index contributed by atoms with van der Waals surface area (Å²) < 4.78 is 29.5. The molecule has 0 aliphatic carbocycles. The van der Waals surface area contributed by atoms with E-state index in [1.54, 1.807) is 30.5 Å². The summed E-state index contributed by atoms with van der Waals surface area (Å²) in [6.07, 6.45) is 2.56. The van der Waals surface area contributed by atoms with Gasteiger partial charge in [0, 0.05) is 29.2 Å². The van der Waals surface area contributed by atoms with Crippen molar-refractivity contribution in [1.29, 1.82) is 0 Å². The average Bonchev–Trinajstić information content (AvgIpc) is 3.25. The molecule has 2 heterocycles. The Kier molecular flexibility index (Phi) is 6.96. The quantitative estimate of drug-likeness (QED) is 0.484. The molecule has 0 spiro atoms. The molecule has 1 aliphatic rings. The summed E-state index contributed by atoms with van der Waals surface area (Å²) in [4.78, 5) is 22.9. The number of carbonyl (C=O) groups is 1. The zero-order valence-corrected chi connectivity index (χ0v) is 18.6. The second kappa shape index (κ2) is 9.88. The van der Waals surface area contributed by atoms with Gasteiger partial charge in [0.1, 0.15) is 5.82 Å². The smallest absolute Gasteiger partial charge is 0.235 e. The summed E-state index contributed by atoms with van der Waals surface area (Å²) in [5, 5.41) is 6.67.